The van der Waals surface area contributed by atoms with Gasteiger partial charge in [-0.25, -0.2) is 4.98 Å². The van der Waals surface area contributed by atoms with Gasteiger partial charge in [0.25, 0.3) is 5.91 Å². The smallest absolute Gasteiger partial charge is 0.256 e. The minimum absolute atomic E-state index is 0.0925. The van der Waals surface area contributed by atoms with Crippen molar-refractivity contribution in [3.8, 4) is 0 Å². The van der Waals surface area contributed by atoms with E-state index in [1.165, 1.54) is 0 Å². The van der Waals surface area contributed by atoms with Gasteiger partial charge < -0.3 is 15.5 Å². The van der Waals surface area contributed by atoms with Crippen LogP contribution in [0, 0.1) is 6.92 Å². The number of pyridine rings is 1. The lowest BCUT2D eigenvalue weighted by molar-refractivity contribution is -0.116. The molecule has 8 heteroatoms. The van der Waals surface area contributed by atoms with Crippen molar-refractivity contribution in [3.05, 3.63) is 71.7 Å². The molecule has 3 heterocycles. The van der Waals surface area contributed by atoms with Crippen LogP contribution in [0.2, 0.25) is 0 Å². The maximum absolute atomic E-state index is 12.4. The van der Waals surface area contributed by atoms with Crippen molar-refractivity contribution in [1.29, 1.82) is 0 Å². The predicted molar refractivity (Wildman–Crippen MR) is 109 cm³/mol. The molecule has 0 saturated carbocycles. The van der Waals surface area contributed by atoms with Crippen LogP contribution in [0.3, 0.4) is 0 Å². The highest BCUT2D eigenvalue weighted by atomic mass is 16.2. The van der Waals surface area contributed by atoms with Gasteiger partial charge in [-0.05, 0) is 42.8 Å². The van der Waals surface area contributed by atoms with Crippen LogP contribution in [-0.4, -0.2) is 33.6 Å². The summed E-state index contributed by atoms with van der Waals surface area (Å²) in [4.78, 5) is 31.0. The minimum Gasteiger partial charge on any atom is -0.335 e. The fourth-order valence-corrected chi connectivity index (χ4v) is 3.43. The second kappa shape index (κ2) is 7.75. The van der Waals surface area contributed by atoms with E-state index in [9.17, 15) is 9.59 Å². The Bertz CT molecular complexity index is 1060. The monoisotopic (exact) mass is 390 g/mol. The molecule has 148 valence electrons. The molecule has 0 fully saturated rings. The first-order valence-corrected chi connectivity index (χ1v) is 9.40. The Kier molecular flexibility index (Phi) is 4.99. The third-order valence-corrected chi connectivity index (χ3v) is 4.99. The normalized spacial score (nSPS) is 15.6. The second-order valence-electron chi connectivity index (χ2n) is 6.98. The van der Waals surface area contributed by atoms with Crippen LogP contribution >= 0.6 is 0 Å². The summed E-state index contributed by atoms with van der Waals surface area (Å²) in [6.07, 6.45) is 3.35. The van der Waals surface area contributed by atoms with E-state index in [4.69, 9.17) is 0 Å². The first kappa shape index (κ1) is 18.7. The molecule has 2 aromatic heterocycles. The van der Waals surface area contributed by atoms with Crippen molar-refractivity contribution in [2.24, 2.45) is 0 Å². The van der Waals surface area contributed by atoms with Gasteiger partial charge in [0.1, 0.15) is 12.0 Å². The zero-order valence-corrected chi connectivity index (χ0v) is 16.3. The molecule has 0 bridgehead atoms. The van der Waals surface area contributed by atoms with E-state index < -0.39 is 0 Å². The number of amides is 2. The van der Waals surface area contributed by atoms with Crippen LogP contribution in [0.25, 0.3) is 0 Å². The summed E-state index contributed by atoms with van der Waals surface area (Å²) < 4.78 is 1.80. The quantitative estimate of drug-likeness (QED) is 0.698. The lowest BCUT2D eigenvalue weighted by Gasteiger charge is -2.35. The van der Waals surface area contributed by atoms with E-state index in [-0.39, 0.29) is 18.0 Å². The summed E-state index contributed by atoms with van der Waals surface area (Å²) in [5.41, 5.74) is 3.10. The maximum Gasteiger partial charge on any atom is 0.256 e. The van der Waals surface area contributed by atoms with Crippen molar-refractivity contribution in [1.82, 2.24) is 20.1 Å². The van der Waals surface area contributed by atoms with E-state index >= 15 is 0 Å². The first-order valence-electron chi connectivity index (χ1n) is 9.40. The van der Waals surface area contributed by atoms with Crippen molar-refractivity contribution in [3.63, 3.8) is 0 Å². The van der Waals surface area contributed by atoms with Crippen LogP contribution in [-0.2, 0) is 11.3 Å². The molecule has 8 nitrogen and oxygen atoms in total. The van der Waals surface area contributed by atoms with Gasteiger partial charge in [0.2, 0.25) is 5.91 Å². The summed E-state index contributed by atoms with van der Waals surface area (Å²) in [5.74, 6) is 0.371. The van der Waals surface area contributed by atoms with Crippen molar-refractivity contribution in [2.45, 2.75) is 26.1 Å². The number of aryl methyl sites for hydroxylation is 2. The molecule has 2 N–H and O–H groups in total. The molecule has 0 saturated heterocycles. The molecule has 0 radical (unpaired) electrons. The van der Waals surface area contributed by atoms with Crippen LogP contribution < -0.4 is 15.5 Å². The molecule has 4 rings (SSSR count). The Hall–Kier alpha value is -3.68. The van der Waals surface area contributed by atoms with E-state index in [2.05, 4.69) is 20.7 Å². The number of hydrogen-bond donors (Lipinski definition) is 2. The predicted octanol–water partition coefficient (Wildman–Crippen LogP) is 2.49. The third-order valence-electron chi connectivity index (χ3n) is 4.99. The zero-order valence-electron chi connectivity index (χ0n) is 16.3. The number of carbonyl (C=O) groups excluding carboxylic acids is 2. The van der Waals surface area contributed by atoms with E-state index in [1.54, 1.807) is 29.2 Å². The summed E-state index contributed by atoms with van der Waals surface area (Å²) >= 11 is 0. The fraction of sp³-hybridized carbons (Fsp3) is 0.238. The third kappa shape index (κ3) is 3.82. The number of benzene rings is 1. The average Bonchev–Trinajstić information content (AvgIpc) is 3.14. The Morgan fingerprint density at radius 1 is 1.21 bits per heavy atom. The molecule has 29 heavy (non-hydrogen) atoms. The van der Waals surface area contributed by atoms with Crippen LogP contribution in [0.4, 0.5) is 11.5 Å². The molecule has 1 unspecified atom stereocenters. The maximum atomic E-state index is 12.4. The highest BCUT2D eigenvalue weighted by molar-refractivity contribution is 6.01. The number of hydrogen-bond acceptors (Lipinski definition) is 5. The van der Waals surface area contributed by atoms with Crippen molar-refractivity contribution >= 4 is 23.3 Å². The number of aromatic nitrogens is 3. The Morgan fingerprint density at radius 3 is 2.86 bits per heavy atom. The van der Waals surface area contributed by atoms with E-state index in [0.717, 1.165) is 11.3 Å². The Morgan fingerprint density at radius 2 is 2.07 bits per heavy atom. The molecule has 1 aliphatic rings. The van der Waals surface area contributed by atoms with Gasteiger partial charge in [-0.1, -0.05) is 12.1 Å². The van der Waals surface area contributed by atoms with Gasteiger partial charge in [0, 0.05) is 43.8 Å². The number of anilines is 2. The van der Waals surface area contributed by atoms with Crippen LogP contribution in [0.1, 0.15) is 34.2 Å². The Labute approximate surface area is 168 Å². The summed E-state index contributed by atoms with van der Waals surface area (Å²) in [6.45, 7) is 2.48. The van der Waals surface area contributed by atoms with Crippen LogP contribution in [0.15, 0.2) is 54.9 Å². The molecule has 1 atom stereocenters. The average molecular weight is 390 g/mol. The number of fused-ring (bicyclic) bond motifs is 1. The number of carbonyl (C=O) groups is 2. The molecule has 0 spiro atoms. The highest BCUT2D eigenvalue weighted by Crippen LogP contribution is 2.30. The van der Waals surface area contributed by atoms with Crippen molar-refractivity contribution < 1.29 is 9.59 Å². The number of nitrogens with one attached hydrogen (secondary N) is 2. The SMILES string of the molecule is Cc1ccnn1CCC(=O)Nc1cccc(C2NC(=O)c3cccnc3N2C)c1. The van der Waals surface area contributed by atoms with Crippen molar-refractivity contribution in [2.75, 3.05) is 17.3 Å². The number of nitrogens with zero attached hydrogens (tertiary/aromatic N) is 4. The fourth-order valence-electron chi connectivity index (χ4n) is 3.43. The van der Waals surface area contributed by atoms with E-state index in [1.807, 2.05) is 49.2 Å². The molecular weight excluding hydrogens is 368 g/mol. The highest BCUT2D eigenvalue weighted by Gasteiger charge is 2.30. The summed E-state index contributed by atoms with van der Waals surface area (Å²) in [6, 6.07) is 12.9. The second-order valence-corrected chi connectivity index (χ2v) is 6.98. The standard InChI is InChI=1S/C21H22N6O2/c1-14-8-11-23-27(14)12-9-18(28)24-16-6-3-5-15(13-16)19-25-21(29)17-7-4-10-22-20(17)26(19)2/h3-8,10-11,13,19H,9,12H2,1-2H3,(H,24,28)(H,25,29). The van der Waals surface area contributed by atoms with Gasteiger partial charge in [-0.3, -0.25) is 14.3 Å². The molecule has 0 aliphatic carbocycles. The lowest BCUT2D eigenvalue weighted by atomic mass is 10.1. The van der Waals surface area contributed by atoms with Crippen LogP contribution in [0.5, 0.6) is 0 Å². The topological polar surface area (TPSA) is 92.2 Å². The van der Waals surface area contributed by atoms with Gasteiger partial charge in [-0.15, -0.1) is 0 Å². The number of rotatable bonds is 5. The summed E-state index contributed by atoms with van der Waals surface area (Å²) in [7, 11) is 1.88. The molecule has 1 aliphatic heterocycles. The molecule has 3 aromatic rings. The zero-order chi connectivity index (χ0) is 20.4. The summed E-state index contributed by atoms with van der Waals surface area (Å²) in [5, 5.41) is 10.1. The molecule has 1 aromatic carbocycles. The minimum atomic E-state index is -0.367. The van der Waals surface area contributed by atoms with Gasteiger partial charge in [-0.2, -0.15) is 5.10 Å². The Balaban J connectivity index is 1.47. The van der Waals surface area contributed by atoms with E-state index in [0.29, 0.717) is 30.0 Å². The lowest BCUT2D eigenvalue weighted by Crippen LogP contribution is -2.45. The van der Waals surface area contributed by atoms with Gasteiger partial charge >= 0.3 is 0 Å². The molecule has 2 amide bonds. The largest absolute Gasteiger partial charge is 0.335 e. The van der Waals surface area contributed by atoms with Gasteiger partial charge in [0.05, 0.1) is 5.56 Å². The first-order chi connectivity index (χ1) is 14.0. The van der Waals surface area contributed by atoms with Gasteiger partial charge in [0.15, 0.2) is 0 Å². The molecular formula is C21H22N6O2.